The van der Waals surface area contributed by atoms with E-state index < -0.39 is 5.41 Å². The number of carbonyl (C=O) groups excluding carboxylic acids is 2. The van der Waals surface area contributed by atoms with Crippen molar-refractivity contribution in [3.8, 4) is 5.75 Å². The number of para-hydroxylation sites is 3. The second kappa shape index (κ2) is 8.45. The van der Waals surface area contributed by atoms with Crippen molar-refractivity contribution in [1.29, 1.82) is 0 Å². The molecule has 148 valence electrons. The van der Waals surface area contributed by atoms with Crippen LogP contribution in [0.4, 0.5) is 11.4 Å². The fourth-order valence-corrected chi connectivity index (χ4v) is 4.25. The van der Waals surface area contributed by atoms with Crippen molar-refractivity contribution in [2.24, 2.45) is 5.41 Å². The molecule has 0 radical (unpaired) electrons. The van der Waals surface area contributed by atoms with Crippen LogP contribution in [-0.4, -0.2) is 30.6 Å². The first-order valence-electron chi connectivity index (χ1n) is 8.92. The normalized spacial score (nSPS) is 16.9. The molecule has 1 N–H and O–H groups in total. The highest BCUT2D eigenvalue weighted by Crippen LogP contribution is 2.46. The molecule has 1 aliphatic heterocycles. The van der Waals surface area contributed by atoms with Gasteiger partial charge in [0, 0.05) is 17.1 Å². The number of amides is 2. The minimum absolute atomic E-state index is 0.00159. The van der Waals surface area contributed by atoms with Gasteiger partial charge in [-0.2, -0.15) is 0 Å². The summed E-state index contributed by atoms with van der Waals surface area (Å²) in [6.07, 6.45) is 0. The lowest BCUT2D eigenvalue weighted by atomic mass is 9.95. The Hall–Kier alpha value is -2.18. The minimum Gasteiger partial charge on any atom is -0.495 e. The van der Waals surface area contributed by atoms with Crippen LogP contribution >= 0.6 is 23.4 Å². The summed E-state index contributed by atoms with van der Waals surface area (Å²) in [5, 5.41) is 2.72. The smallest absolute Gasteiger partial charge is 0.238 e. The van der Waals surface area contributed by atoms with Gasteiger partial charge in [-0.1, -0.05) is 30.3 Å². The third-order valence-electron chi connectivity index (χ3n) is 4.64. The minimum atomic E-state index is -0.699. The molecule has 0 saturated carbocycles. The maximum atomic E-state index is 12.7. The molecule has 7 heteroatoms. The van der Waals surface area contributed by atoms with Gasteiger partial charge in [0.05, 0.1) is 24.0 Å². The standard InChI is InChI=1S/C21H23ClN2O3S/c1-21(2,13-22)20(26)23-15-9-5-4-8-14(15)19-24(18(25)12-28-19)16-10-6-7-11-17(16)27-3/h4-11,19H,12-13H2,1-3H3,(H,23,26). The summed E-state index contributed by atoms with van der Waals surface area (Å²) in [7, 11) is 1.59. The Bertz CT molecular complexity index is 887. The monoisotopic (exact) mass is 418 g/mol. The van der Waals surface area contributed by atoms with Crippen LogP contribution in [0.5, 0.6) is 5.75 Å². The Labute approximate surface area is 174 Å². The average Bonchev–Trinajstić information content (AvgIpc) is 3.09. The molecule has 2 aromatic rings. The van der Waals surface area contributed by atoms with E-state index in [1.54, 1.807) is 25.9 Å². The van der Waals surface area contributed by atoms with Gasteiger partial charge in [-0.25, -0.2) is 0 Å². The molecule has 3 rings (SSSR count). The number of rotatable bonds is 6. The number of halogens is 1. The number of nitrogens with zero attached hydrogens (tertiary/aromatic N) is 1. The molecule has 2 amide bonds. The first-order valence-corrected chi connectivity index (χ1v) is 10.5. The summed E-state index contributed by atoms with van der Waals surface area (Å²) in [5.41, 5.74) is 1.56. The second-order valence-corrected chi connectivity index (χ2v) is 8.49. The first kappa shape index (κ1) is 20.6. The number of hydrogen-bond donors (Lipinski definition) is 1. The van der Waals surface area contributed by atoms with Crippen LogP contribution in [0, 0.1) is 5.41 Å². The Morgan fingerprint density at radius 2 is 1.93 bits per heavy atom. The first-order chi connectivity index (χ1) is 13.4. The summed E-state index contributed by atoms with van der Waals surface area (Å²) in [4.78, 5) is 27.1. The number of benzene rings is 2. The maximum Gasteiger partial charge on any atom is 0.238 e. The molecule has 0 aromatic heterocycles. The molecule has 0 spiro atoms. The second-order valence-electron chi connectivity index (χ2n) is 7.16. The lowest BCUT2D eigenvalue weighted by Crippen LogP contribution is -2.33. The Morgan fingerprint density at radius 3 is 2.64 bits per heavy atom. The zero-order valence-corrected chi connectivity index (χ0v) is 17.6. The number of thioether (sulfide) groups is 1. The number of nitrogens with one attached hydrogen (secondary N) is 1. The number of methoxy groups -OCH3 is 1. The van der Waals surface area contributed by atoms with E-state index in [4.69, 9.17) is 16.3 Å². The molecule has 28 heavy (non-hydrogen) atoms. The molecule has 1 unspecified atom stereocenters. The number of carbonyl (C=O) groups is 2. The number of ether oxygens (including phenoxy) is 1. The SMILES string of the molecule is COc1ccccc1N1C(=O)CSC1c1ccccc1NC(=O)C(C)(C)CCl. The fraction of sp³-hybridized carbons (Fsp3) is 0.333. The zero-order valence-electron chi connectivity index (χ0n) is 16.1. The zero-order chi connectivity index (χ0) is 20.3. The highest BCUT2D eigenvalue weighted by molar-refractivity contribution is 8.00. The molecule has 1 atom stereocenters. The average molecular weight is 419 g/mol. The number of alkyl halides is 1. The molecular formula is C21H23ClN2O3S. The van der Waals surface area contributed by atoms with E-state index >= 15 is 0 Å². The van der Waals surface area contributed by atoms with Crippen molar-refractivity contribution >= 4 is 46.6 Å². The quantitative estimate of drug-likeness (QED) is 0.692. The largest absolute Gasteiger partial charge is 0.495 e. The van der Waals surface area contributed by atoms with Crippen molar-refractivity contribution < 1.29 is 14.3 Å². The molecule has 1 saturated heterocycles. The van der Waals surface area contributed by atoms with Gasteiger partial charge in [0.1, 0.15) is 11.1 Å². The predicted octanol–water partition coefficient (Wildman–Crippen LogP) is 4.68. The summed E-state index contributed by atoms with van der Waals surface area (Å²) in [6, 6.07) is 15.0. The van der Waals surface area contributed by atoms with Gasteiger partial charge in [-0.05, 0) is 32.0 Å². The van der Waals surface area contributed by atoms with Gasteiger partial charge in [-0.3, -0.25) is 14.5 Å². The van der Waals surface area contributed by atoms with Gasteiger partial charge in [0.15, 0.2) is 0 Å². The highest BCUT2D eigenvalue weighted by Gasteiger charge is 2.37. The van der Waals surface area contributed by atoms with E-state index in [-0.39, 0.29) is 23.1 Å². The molecule has 5 nitrogen and oxygen atoms in total. The summed E-state index contributed by atoms with van der Waals surface area (Å²) in [5.74, 6) is 1.05. The molecule has 1 heterocycles. The van der Waals surface area contributed by atoms with Crippen molar-refractivity contribution in [3.05, 3.63) is 54.1 Å². The Kier molecular flexibility index (Phi) is 6.20. The van der Waals surface area contributed by atoms with E-state index in [9.17, 15) is 9.59 Å². The Balaban J connectivity index is 1.99. The van der Waals surface area contributed by atoms with Crippen molar-refractivity contribution in [3.63, 3.8) is 0 Å². The van der Waals surface area contributed by atoms with Gasteiger partial charge >= 0.3 is 0 Å². The van der Waals surface area contributed by atoms with Crippen LogP contribution in [0.2, 0.25) is 0 Å². The van der Waals surface area contributed by atoms with Crippen LogP contribution in [-0.2, 0) is 9.59 Å². The molecule has 1 aliphatic rings. The van der Waals surface area contributed by atoms with E-state index in [0.717, 1.165) is 5.56 Å². The number of anilines is 2. The molecule has 2 aromatic carbocycles. The van der Waals surface area contributed by atoms with Crippen molar-refractivity contribution in [2.45, 2.75) is 19.2 Å². The summed E-state index contributed by atoms with van der Waals surface area (Å²) < 4.78 is 5.46. The van der Waals surface area contributed by atoms with Gasteiger partial charge in [0.2, 0.25) is 11.8 Å². The summed E-state index contributed by atoms with van der Waals surface area (Å²) >= 11 is 7.47. The van der Waals surface area contributed by atoms with Crippen molar-refractivity contribution in [2.75, 3.05) is 29.0 Å². The third-order valence-corrected chi connectivity index (χ3v) is 6.50. The van der Waals surface area contributed by atoms with Crippen LogP contribution < -0.4 is 15.0 Å². The van der Waals surface area contributed by atoms with Crippen LogP contribution in [0.1, 0.15) is 24.8 Å². The lowest BCUT2D eigenvalue weighted by Gasteiger charge is -2.28. The van der Waals surface area contributed by atoms with Crippen molar-refractivity contribution in [1.82, 2.24) is 0 Å². The maximum absolute atomic E-state index is 12.7. The third kappa shape index (κ3) is 3.98. The van der Waals surface area contributed by atoms with E-state index in [1.165, 1.54) is 11.8 Å². The van der Waals surface area contributed by atoms with Gasteiger partial charge in [-0.15, -0.1) is 23.4 Å². The lowest BCUT2D eigenvalue weighted by molar-refractivity contribution is -0.123. The molecule has 0 bridgehead atoms. The molecule has 0 aliphatic carbocycles. The van der Waals surface area contributed by atoms with E-state index in [2.05, 4.69) is 5.32 Å². The van der Waals surface area contributed by atoms with Gasteiger partial charge < -0.3 is 10.1 Å². The molecule has 1 fully saturated rings. The summed E-state index contributed by atoms with van der Waals surface area (Å²) in [6.45, 7) is 3.60. The predicted molar refractivity (Wildman–Crippen MR) is 115 cm³/mol. The fourth-order valence-electron chi connectivity index (χ4n) is 2.92. The topological polar surface area (TPSA) is 58.6 Å². The van der Waals surface area contributed by atoms with E-state index in [0.29, 0.717) is 22.9 Å². The Morgan fingerprint density at radius 1 is 1.25 bits per heavy atom. The van der Waals surface area contributed by atoms with Gasteiger partial charge in [0.25, 0.3) is 0 Å². The van der Waals surface area contributed by atoms with Crippen LogP contribution in [0.15, 0.2) is 48.5 Å². The van der Waals surface area contributed by atoms with Crippen LogP contribution in [0.3, 0.4) is 0 Å². The molecular weight excluding hydrogens is 396 g/mol. The highest BCUT2D eigenvalue weighted by atomic mass is 35.5. The van der Waals surface area contributed by atoms with Crippen LogP contribution in [0.25, 0.3) is 0 Å². The van der Waals surface area contributed by atoms with E-state index in [1.807, 2.05) is 48.5 Å². The number of hydrogen-bond acceptors (Lipinski definition) is 4.